The third-order valence-corrected chi connectivity index (χ3v) is 4.06. The van der Waals surface area contributed by atoms with Crippen molar-refractivity contribution in [3.8, 4) is 0 Å². The molecular weight excluding hydrogens is 352 g/mol. The number of nitrogens with one attached hydrogen (secondary N) is 3. The summed E-state index contributed by atoms with van der Waals surface area (Å²) in [5.74, 6) is -0.106. The molecule has 3 aromatic rings. The van der Waals surface area contributed by atoms with E-state index in [1.54, 1.807) is 24.4 Å². The van der Waals surface area contributed by atoms with E-state index in [9.17, 15) is 4.79 Å². The molecule has 0 aliphatic heterocycles. The van der Waals surface area contributed by atoms with Gasteiger partial charge in [0, 0.05) is 11.8 Å². The number of unbranched alkanes of at least 4 members (excludes halogenated alkanes) is 1. The van der Waals surface area contributed by atoms with E-state index in [1.807, 2.05) is 0 Å². The van der Waals surface area contributed by atoms with Crippen LogP contribution in [0.15, 0.2) is 33.6 Å². The van der Waals surface area contributed by atoms with Gasteiger partial charge in [0.2, 0.25) is 0 Å². The molecule has 0 unspecified atom stereocenters. The molecule has 8 nitrogen and oxygen atoms in total. The van der Waals surface area contributed by atoms with Crippen molar-refractivity contribution in [1.29, 1.82) is 0 Å². The number of rotatable bonds is 6. The number of benzene rings is 1. The molecule has 0 saturated heterocycles. The van der Waals surface area contributed by atoms with Crippen LogP contribution in [-0.4, -0.2) is 20.1 Å². The summed E-state index contributed by atoms with van der Waals surface area (Å²) in [6, 6.07) is 5.23. The van der Waals surface area contributed by atoms with Crippen LogP contribution >= 0.6 is 12.2 Å². The van der Waals surface area contributed by atoms with Crippen LogP contribution in [0.3, 0.4) is 0 Å². The van der Waals surface area contributed by atoms with Gasteiger partial charge in [-0.15, -0.1) is 0 Å². The fourth-order valence-electron chi connectivity index (χ4n) is 2.45. The molecule has 0 saturated carbocycles. The molecule has 0 amide bonds. The van der Waals surface area contributed by atoms with Crippen LogP contribution in [0.1, 0.15) is 31.2 Å². The van der Waals surface area contributed by atoms with Crippen LogP contribution in [0, 0.1) is 0 Å². The van der Waals surface area contributed by atoms with E-state index < -0.39 is 5.76 Å². The first-order valence-corrected chi connectivity index (χ1v) is 8.74. The Kier molecular flexibility index (Phi) is 5.47. The van der Waals surface area contributed by atoms with Crippen LogP contribution in [-0.2, 0) is 13.0 Å². The second-order valence-corrected chi connectivity index (χ2v) is 6.24. The van der Waals surface area contributed by atoms with Crippen molar-refractivity contribution in [1.82, 2.24) is 20.3 Å². The van der Waals surface area contributed by atoms with Crippen LogP contribution in [0.2, 0.25) is 0 Å². The molecule has 3 rings (SSSR count). The van der Waals surface area contributed by atoms with Crippen molar-refractivity contribution in [3.63, 3.8) is 0 Å². The van der Waals surface area contributed by atoms with E-state index in [1.165, 1.54) is 0 Å². The van der Waals surface area contributed by atoms with Crippen LogP contribution in [0.4, 0.5) is 11.5 Å². The molecule has 5 N–H and O–H groups in total. The largest absolute Gasteiger partial charge is 0.417 e. The van der Waals surface area contributed by atoms with E-state index in [2.05, 4.69) is 32.5 Å². The Labute approximate surface area is 155 Å². The highest BCUT2D eigenvalue weighted by Gasteiger charge is 2.07. The van der Waals surface area contributed by atoms with Gasteiger partial charge in [0.1, 0.15) is 11.5 Å². The number of thiocarbonyl (C=S) groups is 1. The van der Waals surface area contributed by atoms with Gasteiger partial charge in [-0.1, -0.05) is 13.3 Å². The summed E-state index contributed by atoms with van der Waals surface area (Å²) in [5, 5.41) is 6.50. The molecule has 1 aromatic carbocycles. The molecule has 0 bridgehead atoms. The van der Waals surface area contributed by atoms with Crippen molar-refractivity contribution in [3.05, 3.63) is 46.3 Å². The summed E-state index contributed by atoms with van der Waals surface area (Å²) in [7, 11) is 0. The number of oxazole rings is 1. The number of nitrogens with zero attached hydrogens (tertiary/aromatic N) is 2. The summed E-state index contributed by atoms with van der Waals surface area (Å²) in [6.45, 7) is 2.50. The lowest BCUT2D eigenvalue weighted by molar-refractivity contribution is 0.555. The molecule has 26 heavy (non-hydrogen) atoms. The van der Waals surface area contributed by atoms with Gasteiger partial charge in [-0.05, 0) is 37.2 Å². The quantitative estimate of drug-likeness (QED) is 0.486. The molecule has 2 aromatic heterocycles. The number of nitrogens with two attached hydrogens (primary N) is 1. The summed E-state index contributed by atoms with van der Waals surface area (Å²) >= 11 is 5.30. The third kappa shape index (κ3) is 4.37. The Morgan fingerprint density at radius 3 is 3.08 bits per heavy atom. The Balaban J connectivity index is 1.61. The fraction of sp³-hybridized carbons (Fsp3) is 0.294. The summed E-state index contributed by atoms with van der Waals surface area (Å²) in [6.07, 6.45) is 4.74. The molecule has 0 aliphatic rings. The average molecular weight is 372 g/mol. The zero-order valence-corrected chi connectivity index (χ0v) is 15.2. The lowest BCUT2D eigenvalue weighted by Crippen LogP contribution is -2.28. The highest BCUT2D eigenvalue weighted by molar-refractivity contribution is 7.80. The second-order valence-electron chi connectivity index (χ2n) is 5.83. The van der Waals surface area contributed by atoms with Crippen molar-refractivity contribution in [2.75, 3.05) is 11.1 Å². The van der Waals surface area contributed by atoms with Crippen molar-refractivity contribution >= 4 is 39.9 Å². The Morgan fingerprint density at radius 1 is 1.42 bits per heavy atom. The predicted octanol–water partition coefficient (Wildman–Crippen LogP) is 2.32. The van der Waals surface area contributed by atoms with Crippen molar-refractivity contribution < 1.29 is 4.42 Å². The highest BCUT2D eigenvalue weighted by Crippen LogP contribution is 2.16. The topological polar surface area (TPSA) is 122 Å². The molecule has 2 heterocycles. The smallest absolute Gasteiger partial charge is 0.408 e. The first-order valence-electron chi connectivity index (χ1n) is 8.33. The fourth-order valence-corrected chi connectivity index (χ4v) is 2.64. The van der Waals surface area contributed by atoms with Crippen LogP contribution in [0.25, 0.3) is 11.1 Å². The number of H-pyrrole nitrogens is 1. The normalized spacial score (nSPS) is 10.8. The van der Waals surface area contributed by atoms with E-state index in [-0.39, 0.29) is 0 Å². The van der Waals surface area contributed by atoms with Crippen LogP contribution in [0.5, 0.6) is 0 Å². The number of nitrogen functional groups attached to an aromatic ring is 1. The van der Waals surface area contributed by atoms with Gasteiger partial charge in [0.25, 0.3) is 0 Å². The monoisotopic (exact) mass is 372 g/mol. The number of aromatic amines is 1. The van der Waals surface area contributed by atoms with Gasteiger partial charge in [-0.3, -0.25) is 9.97 Å². The number of aryl methyl sites for hydroxylation is 1. The van der Waals surface area contributed by atoms with Crippen LogP contribution < -0.4 is 22.1 Å². The summed E-state index contributed by atoms with van der Waals surface area (Å²) < 4.78 is 5.03. The molecule has 0 atom stereocenters. The number of aromatic nitrogens is 3. The molecular formula is C17H20N6O2S. The minimum Gasteiger partial charge on any atom is -0.408 e. The average Bonchev–Trinajstić information content (AvgIpc) is 2.99. The second kappa shape index (κ2) is 7.96. The maximum absolute atomic E-state index is 11.2. The first-order chi connectivity index (χ1) is 12.5. The zero-order chi connectivity index (χ0) is 18.5. The van der Waals surface area contributed by atoms with Gasteiger partial charge < -0.3 is 20.8 Å². The van der Waals surface area contributed by atoms with E-state index in [0.29, 0.717) is 40.0 Å². The van der Waals surface area contributed by atoms with Gasteiger partial charge in [0.15, 0.2) is 10.7 Å². The number of anilines is 2. The molecule has 0 radical (unpaired) electrons. The molecule has 0 spiro atoms. The number of hydrogen-bond donors (Lipinski definition) is 4. The van der Waals surface area contributed by atoms with Crippen molar-refractivity contribution in [2.45, 2.75) is 32.7 Å². The third-order valence-electron chi connectivity index (χ3n) is 3.81. The molecule has 136 valence electrons. The highest BCUT2D eigenvalue weighted by atomic mass is 32.1. The lowest BCUT2D eigenvalue weighted by atomic mass is 10.2. The summed E-state index contributed by atoms with van der Waals surface area (Å²) in [4.78, 5) is 22.5. The number of fused-ring (bicyclic) bond motifs is 1. The predicted molar refractivity (Wildman–Crippen MR) is 105 cm³/mol. The lowest BCUT2D eigenvalue weighted by Gasteiger charge is -2.12. The van der Waals surface area contributed by atoms with E-state index >= 15 is 0 Å². The Morgan fingerprint density at radius 2 is 2.27 bits per heavy atom. The first kappa shape index (κ1) is 17.9. The summed E-state index contributed by atoms with van der Waals surface area (Å²) in [5.41, 5.74) is 9.27. The minimum atomic E-state index is -0.491. The molecule has 0 aliphatic carbocycles. The van der Waals surface area contributed by atoms with E-state index in [0.717, 1.165) is 25.0 Å². The standard InChI is InChI=1S/C17H20N6O2S/c1-2-3-4-11-8-19-15(18)13(21-11)9-20-16(26)22-10-5-6-12-14(7-10)25-17(24)23-12/h5-8H,2-4,9H2,1H3,(H2,18,19)(H,23,24)(H2,20,22,26). The molecule has 9 heteroatoms. The number of hydrogen-bond acceptors (Lipinski definition) is 6. The SMILES string of the molecule is CCCCc1cnc(N)c(CNC(=S)Nc2ccc3[nH]c(=O)oc3c2)n1. The Bertz CT molecular complexity index is 981. The molecule has 0 fully saturated rings. The van der Waals surface area contributed by atoms with E-state index in [4.69, 9.17) is 22.4 Å². The van der Waals surface area contributed by atoms with Gasteiger partial charge >= 0.3 is 5.76 Å². The zero-order valence-electron chi connectivity index (χ0n) is 14.3. The maximum atomic E-state index is 11.2. The minimum absolute atomic E-state index is 0.367. The van der Waals surface area contributed by atoms with Crippen molar-refractivity contribution in [2.24, 2.45) is 0 Å². The van der Waals surface area contributed by atoms with Gasteiger partial charge in [0.05, 0.1) is 24.0 Å². The Hall–Kier alpha value is -2.94. The maximum Gasteiger partial charge on any atom is 0.417 e. The van der Waals surface area contributed by atoms with Gasteiger partial charge in [-0.25, -0.2) is 9.78 Å². The van der Waals surface area contributed by atoms with Gasteiger partial charge in [-0.2, -0.15) is 0 Å².